The van der Waals surface area contributed by atoms with Gasteiger partial charge in [-0.05, 0) is 39.8 Å². The lowest BCUT2D eigenvalue weighted by atomic mass is 10.1. The fraction of sp³-hybridized carbons (Fsp3) is 0.353. The van der Waals surface area contributed by atoms with Gasteiger partial charge in [-0.1, -0.05) is 6.07 Å². The quantitative estimate of drug-likeness (QED) is 0.377. The number of pyridine rings is 1. The molecule has 0 aliphatic rings. The van der Waals surface area contributed by atoms with Crippen molar-refractivity contribution in [3.05, 3.63) is 30.6 Å². The van der Waals surface area contributed by atoms with E-state index in [0.717, 1.165) is 0 Å². The predicted octanol–water partition coefficient (Wildman–Crippen LogP) is 2.12. The molecule has 0 aliphatic carbocycles. The molecule has 2 aromatic rings. The van der Waals surface area contributed by atoms with Crippen LogP contribution in [0.2, 0.25) is 0 Å². The molecular weight excluding hydrogens is 406 g/mol. The summed E-state index contributed by atoms with van der Waals surface area (Å²) in [5.41, 5.74) is 5.34. The van der Waals surface area contributed by atoms with E-state index < -0.39 is 27.6 Å². The minimum atomic E-state index is -3.96. The molecule has 0 spiro atoms. The highest BCUT2D eigenvalue weighted by Gasteiger charge is 2.26. The average molecular weight is 428 g/mol. The Morgan fingerprint density at radius 3 is 2.61 bits per heavy atom. The van der Waals surface area contributed by atoms with Crippen LogP contribution in [0.3, 0.4) is 0 Å². The van der Waals surface area contributed by atoms with Crippen molar-refractivity contribution in [2.75, 3.05) is 5.32 Å². The normalized spacial score (nSPS) is 14.0. The summed E-state index contributed by atoms with van der Waals surface area (Å²) >= 11 is 5.31. The highest BCUT2D eigenvalue weighted by molar-refractivity contribution is 7.89. The van der Waals surface area contributed by atoms with Gasteiger partial charge in [0, 0.05) is 28.7 Å². The van der Waals surface area contributed by atoms with Crippen LogP contribution in [0, 0.1) is 0 Å². The molecule has 0 radical (unpaired) electrons. The van der Waals surface area contributed by atoms with Crippen molar-refractivity contribution >= 4 is 50.2 Å². The summed E-state index contributed by atoms with van der Waals surface area (Å²) in [5, 5.41) is 3.97. The molecule has 2 rings (SSSR count). The predicted molar refractivity (Wildman–Crippen MR) is 108 cm³/mol. The third kappa shape index (κ3) is 5.54. The molecule has 0 saturated heterocycles. The van der Waals surface area contributed by atoms with Crippen LogP contribution in [-0.4, -0.2) is 37.0 Å². The first-order valence-electron chi connectivity index (χ1n) is 8.27. The Bertz CT molecular complexity index is 1020. The number of esters is 1. The zero-order chi connectivity index (χ0) is 21.1. The molecule has 0 saturated carbocycles. The molecule has 28 heavy (non-hydrogen) atoms. The zero-order valence-corrected chi connectivity index (χ0v) is 17.4. The number of guanidine groups is 1. The molecule has 1 aromatic heterocycles. The van der Waals surface area contributed by atoms with Gasteiger partial charge >= 0.3 is 5.97 Å². The van der Waals surface area contributed by atoms with Crippen molar-refractivity contribution in [2.24, 2.45) is 10.2 Å². The Kier molecular flexibility index (Phi) is 6.48. The lowest BCUT2D eigenvalue weighted by Gasteiger charge is -2.22. The number of hydrogen-bond acceptors (Lipinski definition) is 6. The summed E-state index contributed by atoms with van der Waals surface area (Å²) in [6.07, 6.45) is 3.01. The van der Waals surface area contributed by atoms with Gasteiger partial charge in [-0.3, -0.25) is 9.78 Å². The van der Waals surface area contributed by atoms with Gasteiger partial charge in [0.2, 0.25) is 16.0 Å². The van der Waals surface area contributed by atoms with Crippen molar-refractivity contribution in [3.8, 4) is 0 Å². The number of halogens is 1. The van der Waals surface area contributed by atoms with E-state index in [1.54, 1.807) is 26.8 Å². The standard InChI is InChI=1S/C17H22ClN5O4S/c1-10(15(24)27-17(2,3)4)23-28(25,26)12-5-6-13-11(7-12)8-20-9-14(13)21-16(19)22-18/h5-10,23H,1-4H3,(H3,19,21,22)/t10-/m0/s1. The van der Waals surface area contributed by atoms with Gasteiger partial charge in [0.15, 0.2) is 0 Å². The first-order valence-corrected chi connectivity index (χ1v) is 10.1. The van der Waals surface area contributed by atoms with Crippen molar-refractivity contribution in [2.45, 2.75) is 44.2 Å². The largest absolute Gasteiger partial charge is 0.459 e. The summed E-state index contributed by atoms with van der Waals surface area (Å²) in [4.78, 5) is 16.1. The number of sulfonamides is 1. The van der Waals surface area contributed by atoms with E-state index in [9.17, 15) is 13.2 Å². The first-order chi connectivity index (χ1) is 12.9. The Morgan fingerprint density at radius 1 is 1.32 bits per heavy atom. The number of nitrogens with two attached hydrogens (primary N) is 1. The number of rotatable bonds is 5. The number of aromatic nitrogens is 1. The smallest absolute Gasteiger partial charge is 0.324 e. The van der Waals surface area contributed by atoms with Gasteiger partial charge in [-0.25, -0.2) is 8.42 Å². The fourth-order valence-corrected chi connectivity index (χ4v) is 3.59. The van der Waals surface area contributed by atoms with E-state index in [1.807, 2.05) is 0 Å². The maximum Gasteiger partial charge on any atom is 0.324 e. The second kappa shape index (κ2) is 8.29. The van der Waals surface area contributed by atoms with E-state index in [0.29, 0.717) is 16.5 Å². The lowest BCUT2D eigenvalue weighted by Crippen LogP contribution is -2.42. The van der Waals surface area contributed by atoms with Gasteiger partial charge in [-0.15, -0.1) is 4.51 Å². The molecule has 0 fully saturated rings. The van der Waals surface area contributed by atoms with Crippen molar-refractivity contribution in [1.29, 1.82) is 0 Å². The summed E-state index contributed by atoms with van der Waals surface area (Å²) < 4.78 is 36.1. The molecule has 4 N–H and O–H groups in total. The van der Waals surface area contributed by atoms with Crippen LogP contribution in [0.1, 0.15) is 27.7 Å². The highest BCUT2D eigenvalue weighted by atomic mass is 35.5. The van der Waals surface area contributed by atoms with Crippen LogP contribution in [0.15, 0.2) is 40.0 Å². The van der Waals surface area contributed by atoms with Crippen LogP contribution in [-0.2, 0) is 19.6 Å². The topological polar surface area (TPSA) is 136 Å². The van der Waals surface area contributed by atoms with Gasteiger partial charge in [0.25, 0.3) is 0 Å². The molecule has 1 heterocycles. The molecule has 0 amide bonds. The Hall–Kier alpha value is -2.43. The molecule has 0 unspecified atom stereocenters. The second-order valence-electron chi connectivity index (χ2n) is 7.04. The number of anilines is 1. The number of fused-ring (bicyclic) bond motifs is 1. The molecule has 0 aliphatic heterocycles. The van der Waals surface area contributed by atoms with Gasteiger partial charge in [0.05, 0.1) is 16.8 Å². The monoisotopic (exact) mass is 427 g/mol. The van der Waals surface area contributed by atoms with Gasteiger partial charge in [0.1, 0.15) is 11.6 Å². The summed E-state index contributed by atoms with van der Waals surface area (Å²) in [7, 11) is -3.96. The summed E-state index contributed by atoms with van der Waals surface area (Å²) in [6, 6.07) is 3.39. The van der Waals surface area contributed by atoms with Crippen LogP contribution < -0.4 is 15.8 Å². The maximum atomic E-state index is 12.7. The summed E-state index contributed by atoms with van der Waals surface area (Å²) in [6.45, 7) is 6.53. The van der Waals surface area contributed by atoms with Crippen molar-refractivity contribution in [3.63, 3.8) is 0 Å². The molecule has 0 bridgehead atoms. The van der Waals surface area contributed by atoms with E-state index >= 15 is 0 Å². The minimum Gasteiger partial charge on any atom is -0.459 e. The van der Waals surface area contributed by atoms with Crippen LogP contribution in [0.25, 0.3) is 10.8 Å². The Morgan fingerprint density at radius 2 is 2.00 bits per heavy atom. The fourth-order valence-electron chi connectivity index (χ4n) is 2.32. The number of nitrogens with zero attached hydrogens (tertiary/aromatic N) is 2. The molecule has 1 aromatic carbocycles. The van der Waals surface area contributed by atoms with E-state index in [2.05, 4.69) is 19.5 Å². The number of hydrogen-bond donors (Lipinski definition) is 3. The highest BCUT2D eigenvalue weighted by Crippen LogP contribution is 2.25. The number of nitrogens with one attached hydrogen (secondary N) is 2. The number of carbonyl (C=O) groups excluding carboxylic acids is 1. The van der Waals surface area contributed by atoms with Crippen LogP contribution >= 0.6 is 11.8 Å². The second-order valence-corrected chi connectivity index (χ2v) is 8.92. The Balaban J connectivity index is 2.30. The van der Waals surface area contributed by atoms with Crippen molar-refractivity contribution < 1.29 is 17.9 Å². The van der Waals surface area contributed by atoms with Gasteiger partial charge in [-0.2, -0.15) is 4.72 Å². The van der Waals surface area contributed by atoms with E-state index in [-0.39, 0.29) is 10.9 Å². The minimum absolute atomic E-state index is 0.0201. The number of carbonyl (C=O) groups is 1. The van der Waals surface area contributed by atoms with Crippen molar-refractivity contribution in [1.82, 2.24) is 9.71 Å². The zero-order valence-electron chi connectivity index (χ0n) is 15.9. The summed E-state index contributed by atoms with van der Waals surface area (Å²) in [5.74, 6) is -0.693. The van der Waals surface area contributed by atoms with E-state index in [4.69, 9.17) is 22.2 Å². The van der Waals surface area contributed by atoms with E-state index in [1.165, 1.54) is 31.5 Å². The first kappa shape index (κ1) is 21.9. The number of benzene rings is 1. The Labute approximate surface area is 168 Å². The van der Waals surface area contributed by atoms with Crippen LogP contribution in [0.4, 0.5) is 5.69 Å². The lowest BCUT2D eigenvalue weighted by molar-refractivity contribution is -0.156. The van der Waals surface area contributed by atoms with Gasteiger partial charge < -0.3 is 15.8 Å². The third-order valence-electron chi connectivity index (χ3n) is 3.49. The average Bonchev–Trinajstić information content (AvgIpc) is 2.59. The number of ether oxygens (including phenoxy) is 1. The molecule has 9 nitrogen and oxygen atoms in total. The molecule has 11 heteroatoms. The molecule has 1 atom stereocenters. The molecule has 152 valence electrons. The van der Waals surface area contributed by atoms with Crippen LogP contribution in [0.5, 0.6) is 0 Å². The maximum absolute atomic E-state index is 12.7. The molecular formula is C17H22ClN5O4S. The third-order valence-corrected chi connectivity index (χ3v) is 5.21. The SMILES string of the molecule is C[C@H](NS(=O)(=O)c1ccc2c(NC(N)=NCl)cncc2c1)C(=O)OC(C)(C)C.